The molecule has 0 aliphatic heterocycles. The maximum Gasteiger partial charge on any atom is 0.319 e. The fourth-order valence-corrected chi connectivity index (χ4v) is 3.48. The van der Waals surface area contributed by atoms with Gasteiger partial charge in [-0.15, -0.1) is 0 Å². The number of para-hydroxylation sites is 1. The standard InChI is InChI=1S/C20H26N4O4S/c1-14(2)18(23-20(26)22-15-9-6-5-7-10-15)19(25)21-16-11-8-12-17(13-16)29(27,28)24(3)4/h5-14,18H,1-4H3,(H,21,25)(H2,22,23,26)/t18-/m1/s1. The van der Waals surface area contributed by atoms with E-state index in [1.165, 1.54) is 26.2 Å². The lowest BCUT2D eigenvalue weighted by atomic mass is 10.0. The number of rotatable bonds is 7. The van der Waals surface area contributed by atoms with Crippen LogP contribution in [0.25, 0.3) is 0 Å². The van der Waals surface area contributed by atoms with Crippen molar-refractivity contribution < 1.29 is 18.0 Å². The number of sulfonamides is 1. The number of hydrogen-bond donors (Lipinski definition) is 3. The van der Waals surface area contributed by atoms with Crippen LogP contribution in [0, 0.1) is 5.92 Å². The molecule has 8 nitrogen and oxygen atoms in total. The number of anilines is 2. The summed E-state index contributed by atoms with van der Waals surface area (Å²) in [5.74, 6) is -0.632. The van der Waals surface area contributed by atoms with E-state index in [0.717, 1.165) is 4.31 Å². The van der Waals surface area contributed by atoms with Gasteiger partial charge in [0.2, 0.25) is 15.9 Å². The molecule has 3 N–H and O–H groups in total. The first-order valence-electron chi connectivity index (χ1n) is 9.07. The number of nitrogens with zero attached hydrogens (tertiary/aromatic N) is 1. The van der Waals surface area contributed by atoms with Crippen LogP contribution in [-0.4, -0.2) is 44.8 Å². The Hall–Kier alpha value is -2.91. The van der Waals surface area contributed by atoms with E-state index in [-0.39, 0.29) is 10.8 Å². The third-order valence-electron chi connectivity index (χ3n) is 4.15. The fraction of sp³-hybridized carbons (Fsp3) is 0.300. The number of carbonyl (C=O) groups excluding carboxylic acids is 2. The highest BCUT2D eigenvalue weighted by Crippen LogP contribution is 2.18. The second-order valence-electron chi connectivity index (χ2n) is 6.99. The van der Waals surface area contributed by atoms with E-state index in [2.05, 4.69) is 16.0 Å². The van der Waals surface area contributed by atoms with Crippen LogP contribution in [0.15, 0.2) is 59.5 Å². The van der Waals surface area contributed by atoms with Crippen molar-refractivity contribution >= 4 is 33.3 Å². The first kappa shape index (κ1) is 22.4. The van der Waals surface area contributed by atoms with Gasteiger partial charge in [-0.2, -0.15) is 0 Å². The Kier molecular flexibility index (Phi) is 7.35. The summed E-state index contributed by atoms with van der Waals surface area (Å²) in [7, 11) is -0.753. The summed E-state index contributed by atoms with van der Waals surface area (Å²) < 4.78 is 25.7. The van der Waals surface area contributed by atoms with Gasteiger partial charge >= 0.3 is 6.03 Å². The first-order chi connectivity index (χ1) is 13.6. The van der Waals surface area contributed by atoms with Gasteiger partial charge in [-0.05, 0) is 36.2 Å². The Labute approximate surface area is 171 Å². The third-order valence-corrected chi connectivity index (χ3v) is 5.96. The zero-order valence-electron chi connectivity index (χ0n) is 16.8. The largest absolute Gasteiger partial charge is 0.326 e. The summed E-state index contributed by atoms with van der Waals surface area (Å²) in [5.41, 5.74) is 0.934. The molecule has 0 unspecified atom stereocenters. The molecule has 29 heavy (non-hydrogen) atoms. The van der Waals surface area contributed by atoms with Gasteiger partial charge in [0.05, 0.1) is 4.90 Å². The smallest absolute Gasteiger partial charge is 0.319 e. The van der Waals surface area contributed by atoms with Gasteiger partial charge in [-0.3, -0.25) is 4.79 Å². The number of benzene rings is 2. The van der Waals surface area contributed by atoms with Gasteiger partial charge in [0.15, 0.2) is 0 Å². The monoisotopic (exact) mass is 418 g/mol. The molecule has 0 aromatic heterocycles. The zero-order valence-corrected chi connectivity index (χ0v) is 17.7. The van der Waals surface area contributed by atoms with Gasteiger partial charge < -0.3 is 16.0 Å². The van der Waals surface area contributed by atoms with Crippen molar-refractivity contribution in [3.8, 4) is 0 Å². The number of hydrogen-bond acceptors (Lipinski definition) is 4. The van der Waals surface area contributed by atoms with Crippen molar-refractivity contribution in [2.75, 3.05) is 24.7 Å². The fourth-order valence-electron chi connectivity index (χ4n) is 2.53. The van der Waals surface area contributed by atoms with E-state index in [0.29, 0.717) is 11.4 Å². The van der Waals surface area contributed by atoms with Crippen LogP contribution in [0.5, 0.6) is 0 Å². The van der Waals surface area contributed by atoms with E-state index in [1.54, 1.807) is 50.2 Å². The summed E-state index contributed by atoms with van der Waals surface area (Å²) in [5, 5.41) is 8.01. The number of amides is 3. The molecule has 2 aromatic rings. The highest BCUT2D eigenvalue weighted by Gasteiger charge is 2.25. The van der Waals surface area contributed by atoms with Crippen LogP contribution in [0.3, 0.4) is 0 Å². The number of urea groups is 1. The summed E-state index contributed by atoms with van der Waals surface area (Å²) in [6, 6.07) is 13.5. The molecule has 0 heterocycles. The average Bonchev–Trinajstić information content (AvgIpc) is 2.66. The minimum Gasteiger partial charge on any atom is -0.326 e. The highest BCUT2D eigenvalue weighted by molar-refractivity contribution is 7.89. The molecule has 0 aliphatic carbocycles. The van der Waals surface area contributed by atoms with Gasteiger partial charge in [0.1, 0.15) is 6.04 Å². The lowest BCUT2D eigenvalue weighted by Crippen LogP contribution is -2.48. The minimum absolute atomic E-state index is 0.0659. The van der Waals surface area contributed by atoms with Gasteiger partial charge in [-0.1, -0.05) is 38.1 Å². The Balaban J connectivity index is 2.11. The lowest BCUT2D eigenvalue weighted by molar-refractivity contribution is -0.118. The van der Waals surface area contributed by atoms with Crippen molar-refractivity contribution in [2.24, 2.45) is 5.92 Å². The molecule has 0 aliphatic rings. The van der Waals surface area contributed by atoms with Crippen molar-refractivity contribution in [1.29, 1.82) is 0 Å². The Morgan fingerprint density at radius 1 is 0.897 bits per heavy atom. The van der Waals surface area contributed by atoms with Gasteiger partial charge in [0.25, 0.3) is 0 Å². The average molecular weight is 419 g/mol. The molecule has 9 heteroatoms. The predicted octanol–water partition coefficient (Wildman–Crippen LogP) is 2.72. The Morgan fingerprint density at radius 2 is 1.52 bits per heavy atom. The molecule has 156 valence electrons. The maximum absolute atomic E-state index is 12.7. The van der Waals surface area contributed by atoms with Crippen LogP contribution >= 0.6 is 0 Å². The summed E-state index contributed by atoms with van der Waals surface area (Å²) in [6.07, 6.45) is 0. The molecule has 0 radical (unpaired) electrons. The SMILES string of the molecule is CC(C)[C@@H](NC(=O)Nc1ccccc1)C(=O)Nc1cccc(S(=O)(=O)N(C)C)c1. The van der Waals surface area contributed by atoms with Crippen molar-refractivity contribution in [1.82, 2.24) is 9.62 Å². The topological polar surface area (TPSA) is 108 Å². The van der Waals surface area contributed by atoms with Crippen LogP contribution in [0.2, 0.25) is 0 Å². The Morgan fingerprint density at radius 3 is 2.10 bits per heavy atom. The third kappa shape index (κ3) is 6.03. The molecule has 0 saturated heterocycles. The molecule has 0 saturated carbocycles. The van der Waals surface area contributed by atoms with Crippen LogP contribution in [0.4, 0.5) is 16.2 Å². The maximum atomic E-state index is 12.7. The van der Waals surface area contributed by atoms with Gasteiger partial charge in [0, 0.05) is 25.5 Å². The summed E-state index contributed by atoms with van der Waals surface area (Å²) in [6.45, 7) is 3.61. The molecule has 0 bridgehead atoms. The van der Waals surface area contributed by atoms with Crippen LogP contribution in [-0.2, 0) is 14.8 Å². The van der Waals surface area contributed by atoms with Crippen molar-refractivity contribution in [3.05, 3.63) is 54.6 Å². The van der Waals surface area contributed by atoms with Gasteiger partial charge in [-0.25, -0.2) is 17.5 Å². The lowest BCUT2D eigenvalue weighted by Gasteiger charge is -2.22. The van der Waals surface area contributed by atoms with E-state index < -0.39 is 28.0 Å². The molecule has 0 fully saturated rings. The number of nitrogens with one attached hydrogen (secondary N) is 3. The highest BCUT2D eigenvalue weighted by atomic mass is 32.2. The second-order valence-corrected chi connectivity index (χ2v) is 9.14. The van der Waals surface area contributed by atoms with Crippen molar-refractivity contribution in [2.45, 2.75) is 24.8 Å². The van der Waals surface area contributed by atoms with E-state index >= 15 is 0 Å². The van der Waals surface area contributed by atoms with E-state index in [4.69, 9.17) is 0 Å². The zero-order chi connectivity index (χ0) is 21.6. The molecular formula is C20H26N4O4S. The Bertz CT molecular complexity index is 959. The first-order valence-corrected chi connectivity index (χ1v) is 10.5. The number of carbonyl (C=O) groups is 2. The molecular weight excluding hydrogens is 392 g/mol. The summed E-state index contributed by atoms with van der Waals surface area (Å²) >= 11 is 0. The second kappa shape index (κ2) is 9.53. The summed E-state index contributed by atoms with van der Waals surface area (Å²) in [4.78, 5) is 25.0. The van der Waals surface area contributed by atoms with E-state index in [1.807, 2.05) is 6.07 Å². The molecule has 2 aromatic carbocycles. The molecule has 0 spiro atoms. The van der Waals surface area contributed by atoms with Crippen molar-refractivity contribution in [3.63, 3.8) is 0 Å². The molecule has 1 atom stereocenters. The molecule has 3 amide bonds. The predicted molar refractivity (Wildman–Crippen MR) is 113 cm³/mol. The van der Waals surface area contributed by atoms with Crippen LogP contribution < -0.4 is 16.0 Å². The minimum atomic E-state index is -3.62. The normalized spacial score (nSPS) is 12.5. The van der Waals surface area contributed by atoms with Crippen LogP contribution in [0.1, 0.15) is 13.8 Å². The quantitative estimate of drug-likeness (QED) is 0.642. The molecule has 2 rings (SSSR count). The van der Waals surface area contributed by atoms with E-state index in [9.17, 15) is 18.0 Å².